The van der Waals surface area contributed by atoms with Crippen LogP contribution < -0.4 is 0 Å². The maximum Gasteiger partial charge on any atom is 0.0778 e. The zero-order valence-electron chi connectivity index (χ0n) is 8.82. The van der Waals surface area contributed by atoms with Crippen molar-refractivity contribution in [2.45, 2.75) is 0 Å². The fraction of sp³-hybridized carbons (Fsp3) is 0.167. The largest absolute Gasteiger partial charge is 0.143 e. The van der Waals surface area contributed by atoms with Gasteiger partial charge in [-0.25, -0.2) is 0 Å². The predicted molar refractivity (Wildman–Crippen MR) is 82.4 cm³/mol. The van der Waals surface area contributed by atoms with E-state index in [4.69, 9.17) is 11.6 Å². The van der Waals surface area contributed by atoms with Crippen LogP contribution in [-0.4, -0.2) is 11.5 Å². The topological polar surface area (TPSA) is 0 Å². The van der Waals surface area contributed by atoms with Crippen LogP contribution in [0.2, 0.25) is 0 Å². The molecule has 0 radical (unpaired) electrons. The fourth-order valence-corrected chi connectivity index (χ4v) is 4.01. The maximum absolute atomic E-state index is 6.36. The monoisotopic (exact) mass is 288 g/mol. The zero-order valence-corrected chi connectivity index (χ0v) is 12.0. The highest BCUT2D eigenvalue weighted by Gasteiger charge is 2.08. The van der Waals surface area contributed by atoms with E-state index in [9.17, 15) is 0 Å². The van der Waals surface area contributed by atoms with Crippen LogP contribution in [0.1, 0.15) is 4.88 Å². The SMILES string of the molecule is C=CCSC(SCC=C)=C(Cl)c1cccs1. The van der Waals surface area contributed by atoms with Crippen molar-refractivity contribution >= 4 is 51.5 Å². The van der Waals surface area contributed by atoms with Crippen molar-refractivity contribution in [1.82, 2.24) is 0 Å². The van der Waals surface area contributed by atoms with Crippen molar-refractivity contribution < 1.29 is 0 Å². The van der Waals surface area contributed by atoms with Crippen LogP contribution in [0.4, 0.5) is 0 Å². The van der Waals surface area contributed by atoms with E-state index in [0.717, 1.165) is 25.7 Å². The van der Waals surface area contributed by atoms with Crippen molar-refractivity contribution in [2.75, 3.05) is 11.5 Å². The van der Waals surface area contributed by atoms with E-state index < -0.39 is 0 Å². The lowest BCUT2D eigenvalue weighted by atomic mass is 10.5. The van der Waals surface area contributed by atoms with Crippen LogP contribution in [0.15, 0.2) is 47.1 Å². The molecule has 0 amide bonds. The summed E-state index contributed by atoms with van der Waals surface area (Å²) < 4.78 is 1.14. The first-order chi connectivity index (χ1) is 7.79. The summed E-state index contributed by atoms with van der Waals surface area (Å²) in [6.45, 7) is 7.44. The number of thiophene rings is 1. The minimum absolute atomic E-state index is 0.841. The van der Waals surface area contributed by atoms with Crippen LogP contribution >= 0.6 is 46.5 Å². The van der Waals surface area contributed by atoms with Gasteiger partial charge in [0.2, 0.25) is 0 Å². The Balaban J connectivity index is 2.82. The fourth-order valence-electron chi connectivity index (χ4n) is 0.942. The van der Waals surface area contributed by atoms with Crippen molar-refractivity contribution in [2.24, 2.45) is 0 Å². The van der Waals surface area contributed by atoms with Gasteiger partial charge in [-0.05, 0) is 11.4 Å². The van der Waals surface area contributed by atoms with Crippen molar-refractivity contribution in [3.05, 3.63) is 51.9 Å². The number of rotatable bonds is 7. The zero-order chi connectivity index (χ0) is 11.8. The second kappa shape index (κ2) is 8.07. The molecule has 0 spiro atoms. The Labute approximate surface area is 114 Å². The Hall–Kier alpha value is -0.0900. The molecule has 1 aromatic rings. The summed E-state index contributed by atoms with van der Waals surface area (Å²) in [4.78, 5) is 1.12. The normalized spacial score (nSPS) is 9.81. The second-order valence-electron chi connectivity index (χ2n) is 2.78. The lowest BCUT2D eigenvalue weighted by molar-refractivity contribution is 1.81. The average molecular weight is 289 g/mol. The van der Waals surface area contributed by atoms with Gasteiger partial charge in [-0.15, -0.1) is 48.0 Å². The molecule has 1 aromatic heterocycles. The minimum atomic E-state index is 0.841. The Morgan fingerprint density at radius 3 is 2.38 bits per heavy atom. The molecule has 0 fully saturated rings. The molecule has 0 aliphatic rings. The van der Waals surface area contributed by atoms with Gasteiger partial charge in [0.05, 0.1) is 9.27 Å². The van der Waals surface area contributed by atoms with Gasteiger partial charge in [0.1, 0.15) is 0 Å². The Morgan fingerprint density at radius 1 is 1.31 bits per heavy atom. The first-order valence-corrected chi connectivity index (χ1v) is 7.93. The molecular weight excluding hydrogens is 276 g/mol. The van der Waals surface area contributed by atoms with Crippen LogP contribution in [0.3, 0.4) is 0 Å². The first-order valence-electron chi connectivity index (χ1n) is 4.70. The third-order valence-corrected chi connectivity index (χ3v) is 5.64. The molecule has 86 valence electrons. The number of thioether (sulfide) groups is 2. The molecule has 0 aliphatic carbocycles. The third-order valence-electron chi connectivity index (χ3n) is 1.58. The van der Waals surface area contributed by atoms with E-state index >= 15 is 0 Å². The molecule has 0 nitrogen and oxygen atoms in total. The molecule has 1 rings (SSSR count). The van der Waals surface area contributed by atoms with Crippen LogP contribution in [0, 0.1) is 0 Å². The molecule has 0 aliphatic heterocycles. The molecule has 16 heavy (non-hydrogen) atoms. The van der Waals surface area contributed by atoms with Crippen molar-refractivity contribution in [1.29, 1.82) is 0 Å². The van der Waals surface area contributed by atoms with E-state index in [1.165, 1.54) is 0 Å². The average Bonchev–Trinajstić information content (AvgIpc) is 2.82. The van der Waals surface area contributed by atoms with E-state index in [0.29, 0.717) is 0 Å². The van der Waals surface area contributed by atoms with Gasteiger partial charge < -0.3 is 0 Å². The quantitative estimate of drug-likeness (QED) is 0.612. The molecule has 0 unspecified atom stereocenters. The standard InChI is InChI=1S/C12H13ClS3/c1-3-7-15-12(16-8-4-2)11(13)10-6-5-9-14-10/h3-6,9H,1-2,7-8H2. The molecule has 0 saturated heterocycles. The summed E-state index contributed by atoms with van der Waals surface area (Å²) in [5.41, 5.74) is 0. The molecular formula is C12H13ClS3. The third kappa shape index (κ3) is 4.42. The highest BCUT2D eigenvalue weighted by Crippen LogP contribution is 2.39. The summed E-state index contributed by atoms with van der Waals surface area (Å²) in [7, 11) is 0. The number of hydrogen-bond acceptors (Lipinski definition) is 3. The maximum atomic E-state index is 6.36. The van der Waals surface area contributed by atoms with Crippen LogP contribution in [-0.2, 0) is 0 Å². The summed E-state index contributed by atoms with van der Waals surface area (Å²) in [5.74, 6) is 1.75. The summed E-state index contributed by atoms with van der Waals surface area (Å²) in [5, 5.41) is 2.87. The second-order valence-corrected chi connectivity index (χ2v) is 6.42. The smallest absolute Gasteiger partial charge is 0.0778 e. The highest BCUT2D eigenvalue weighted by molar-refractivity contribution is 8.22. The number of halogens is 1. The Kier molecular flexibility index (Phi) is 7.05. The predicted octanol–water partition coefficient (Wildman–Crippen LogP) is 5.45. The van der Waals surface area contributed by atoms with E-state index in [1.54, 1.807) is 34.9 Å². The van der Waals surface area contributed by atoms with Gasteiger partial charge in [0.25, 0.3) is 0 Å². The van der Waals surface area contributed by atoms with Gasteiger partial charge in [-0.1, -0.05) is 29.8 Å². The minimum Gasteiger partial charge on any atom is -0.143 e. The summed E-state index contributed by atoms with van der Waals surface area (Å²) in [6, 6.07) is 4.05. The Morgan fingerprint density at radius 2 is 1.94 bits per heavy atom. The molecule has 0 aromatic carbocycles. The van der Waals surface area contributed by atoms with Gasteiger partial charge in [-0.3, -0.25) is 0 Å². The number of hydrogen-bond donors (Lipinski definition) is 0. The van der Waals surface area contributed by atoms with Crippen molar-refractivity contribution in [3.63, 3.8) is 0 Å². The van der Waals surface area contributed by atoms with E-state index in [-0.39, 0.29) is 0 Å². The van der Waals surface area contributed by atoms with Gasteiger partial charge in [0, 0.05) is 16.4 Å². The lowest BCUT2D eigenvalue weighted by Gasteiger charge is -2.06. The summed E-state index contributed by atoms with van der Waals surface area (Å²) in [6.07, 6.45) is 3.77. The van der Waals surface area contributed by atoms with Crippen molar-refractivity contribution in [3.8, 4) is 0 Å². The molecule has 0 N–H and O–H groups in total. The van der Waals surface area contributed by atoms with Crippen LogP contribution in [0.5, 0.6) is 0 Å². The highest BCUT2D eigenvalue weighted by atomic mass is 35.5. The molecule has 1 heterocycles. The first kappa shape index (κ1) is 14.0. The van der Waals surface area contributed by atoms with E-state index in [2.05, 4.69) is 13.2 Å². The molecule has 0 bridgehead atoms. The molecule has 4 heteroatoms. The van der Waals surface area contributed by atoms with Crippen LogP contribution in [0.25, 0.3) is 5.03 Å². The summed E-state index contributed by atoms with van der Waals surface area (Å²) >= 11 is 11.5. The Bertz CT molecular complexity index is 352. The van der Waals surface area contributed by atoms with Gasteiger partial charge >= 0.3 is 0 Å². The van der Waals surface area contributed by atoms with Gasteiger partial charge in [0.15, 0.2) is 0 Å². The molecule has 0 saturated carbocycles. The molecule has 0 atom stereocenters. The van der Waals surface area contributed by atoms with E-state index in [1.807, 2.05) is 29.7 Å². The van der Waals surface area contributed by atoms with Gasteiger partial charge in [-0.2, -0.15) is 0 Å². The lowest BCUT2D eigenvalue weighted by Crippen LogP contribution is -1.80.